The van der Waals surface area contributed by atoms with Crippen LogP contribution in [0.3, 0.4) is 0 Å². The first kappa shape index (κ1) is 25.7. The van der Waals surface area contributed by atoms with E-state index >= 15 is 0 Å². The maximum absolute atomic E-state index is 12.9. The molecule has 1 atom stereocenters. The minimum absolute atomic E-state index is 0.0620. The maximum Gasteiger partial charge on any atom is 0.354 e. The Kier molecular flexibility index (Phi) is 6.88. The topological polar surface area (TPSA) is 137 Å². The Morgan fingerprint density at radius 2 is 1.97 bits per heavy atom. The summed E-state index contributed by atoms with van der Waals surface area (Å²) in [5.41, 5.74) is 8.84. The molecule has 2 aromatic heterocycles. The summed E-state index contributed by atoms with van der Waals surface area (Å²) >= 11 is 0. The average Bonchev–Trinajstić information content (AvgIpc) is 3.40. The van der Waals surface area contributed by atoms with E-state index in [4.69, 9.17) is 15.2 Å². The van der Waals surface area contributed by atoms with Gasteiger partial charge in [0.05, 0.1) is 19.7 Å². The highest BCUT2D eigenvalue weighted by molar-refractivity contribution is 5.90. The molecule has 1 aliphatic heterocycles. The lowest BCUT2D eigenvalue weighted by molar-refractivity contribution is -0.125. The van der Waals surface area contributed by atoms with E-state index in [0.29, 0.717) is 36.2 Å². The summed E-state index contributed by atoms with van der Waals surface area (Å²) in [4.78, 5) is 39.6. The van der Waals surface area contributed by atoms with Crippen LogP contribution in [0.4, 0.5) is 11.8 Å². The molecule has 4 aromatic rings. The third kappa shape index (κ3) is 4.86. The second-order valence-electron chi connectivity index (χ2n) is 9.22. The van der Waals surface area contributed by atoms with Crippen molar-refractivity contribution in [1.29, 1.82) is 0 Å². The molecule has 3 N–H and O–H groups in total. The van der Waals surface area contributed by atoms with E-state index in [1.54, 1.807) is 36.5 Å². The number of methoxy groups -OCH3 is 2. The quantitative estimate of drug-likeness (QED) is 0.348. The van der Waals surface area contributed by atoms with E-state index in [0.717, 1.165) is 34.0 Å². The fraction of sp³-hybridized carbons (Fsp3) is 0.250. The lowest BCUT2D eigenvalue weighted by Gasteiger charge is -2.21. The van der Waals surface area contributed by atoms with E-state index in [1.807, 2.05) is 25.1 Å². The van der Waals surface area contributed by atoms with Gasteiger partial charge in [0, 0.05) is 54.1 Å². The molecular weight excluding hydrogens is 498 g/mol. The Labute approximate surface area is 224 Å². The molecule has 1 amide bonds. The van der Waals surface area contributed by atoms with Crippen molar-refractivity contribution >= 4 is 28.6 Å². The van der Waals surface area contributed by atoms with E-state index in [1.165, 1.54) is 17.8 Å². The number of carbonyl (C=O) groups excluding carboxylic acids is 1. The van der Waals surface area contributed by atoms with Crippen molar-refractivity contribution in [3.63, 3.8) is 0 Å². The van der Waals surface area contributed by atoms with E-state index in [2.05, 4.69) is 26.8 Å². The summed E-state index contributed by atoms with van der Waals surface area (Å²) in [5.74, 6) is 1.60. The van der Waals surface area contributed by atoms with Crippen molar-refractivity contribution in [1.82, 2.24) is 24.4 Å². The highest BCUT2D eigenvalue weighted by Gasteiger charge is 2.25. The number of ether oxygens (including phenoxy) is 2. The lowest BCUT2D eigenvalue weighted by atomic mass is 9.95. The number of amides is 1. The number of anilines is 2. The van der Waals surface area contributed by atoms with Crippen molar-refractivity contribution < 1.29 is 14.3 Å². The van der Waals surface area contributed by atoms with Gasteiger partial charge in [-0.15, -0.1) is 0 Å². The molecule has 0 saturated carbocycles. The molecule has 5 rings (SSSR count). The summed E-state index contributed by atoms with van der Waals surface area (Å²) in [6, 6.07) is 9.15. The van der Waals surface area contributed by atoms with Crippen LogP contribution in [0.2, 0.25) is 0 Å². The number of nitrogens with two attached hydrogens (primary N) is 1. The van der Waals surface area contributed by atoms with Crippen LogP contribution in [0.15, 0.2) is 60.2 Å². The number of rotatable bonds is 7. The van der Waals surface area contributed by atoms with Crippen LogP contribution >= 0.6 is 0 Å². The molecule has 1 saturated heterocycles. The van der Waals surface area contributed by atoms with Crippen LogP contribution in [-0.2, 0) is 4.79 Å². The van der Waals surface area contributed by atoms with Gasteiger partial charge in [-0.05, 0) is 43.2 Å². The third-order valence-corrected chi connectivity index (χ3v) is 6.86. The molecule has 0 spiro atoms. The van der Waals surface area contributed by atoms with Gasteiger partial charge in [-0.25, -0.2) is 14.8 Å². The van der Waals surface area contributed by atoms with Crippen molar-refractivity contribution in [3.8, 4) is 28.3 Å². The van der Waals surface area contributed by atoms with Crippen LogP contribution < -0.4 is 26.2 Å². The van der Waals surface area contributed by atoms with E-state index in [-0.39, 0.29) is 17.8 Å². The normalized spacial score (nSPS) is 14.8. The zero-order chi connectivity index (χ0) is 27.7. The van der Waals surface area contributed by atoms with Crippen LogP contribution in [-0.4, -0.2) is 63.7 Å². The standard InChI is InChI=1S/C28H29N7O4/c1-5-24(36)34-10-8-19(15-34)31-27-30-14-18-12-17(6-7-20(18)32-27)25-16(2)21(38-3)13-22(39-4)26(25)35-11-9-23(29)33-28(35)37/h5-7,9,11-14,19H,1,8,10,15H2,2-4H3,(H2,29,33,37)(H,30,31,32). The molecular formula is C28H29N7O4. The number of nitrogen functional groups attached to an aromatic ring is 1. The van der Waals surface area contributed by atoms with Gasteiger partial charge in [0.2, 0.25) is 11.9 Å². The van der Waals surface area contributed by atoms with Gasteiger partial charge in [0.1, 0.15) is 23.0 Å². The van der Waals surface area contributed by atoms with Gasteiger partial charge in [-0.2, -0.15) is 4.98 Å². The summed E-state index contributed by atoms with van der Waals surface area (Å²) in [6.45, 7) is 6.71. The fourth-order valence-electron chi connectivity index (χ4n) is 4.91. The number of benzene rings is 2. The van der Waals surface area contributed by atoms with Crippen molar-refractivity contribution in [2.75, 3.05) is 38.4 Å². The number of hydrogen-bond donors (Lipinski definition) is 2. The molecule has 0 aliphatic carbocycles. The molecule has 0 bridgehead atoms. The number of fused-ring (bicyclic) bond motifs is 1. The predicted octanol–water partition coefficient (Wildman–Crippen LogP) is 2.95. The van der Waals surface area contributed by atoms with Gasteiger partial charge >= 0.3 is 5.69 Å². The highest BCUT2D eigenvalue weighted by Crippen LogP contribution is 2.42. The average molecular weight is 528 g/mol. The third-order valence-electron chi connectivity index (χ3n) is 6.86. The van der Waals surface area contributed by atoms with Crippen molar-refractivity contribution in [3.05, 3.63) is 71.4 Å². The summed E-state index contributed by atoms with van der Waals surface area (Å²) in [5, 5.41) is 4.14. The molecule has 3 heterocycles. The van der Waals surface area contributed by atoms with Gasteiger partial charge in [0.15, 0.2) is 0 Å². The Morgan fingerprint density at radius 1 is 1.18 bits per heavy atom. The van der Waals surface area contributed by atoms with Crippen LogP contribution in [0.1, 0.15) is 12.0 Å². The van der Waals surface area contributed by atoms with Gasteiger partial charge in [0.25, 0.3) is 0 Å². The number of hydrogen-bond acceptors (Lipinski definition) is 9. The Balaban J connectivity index is 1.56. The monoisotopic (exact) mass is 527 g/mol. The zero-order valence-electron chi connectivity index (χ0n) is 22.0. The Hall–Kier alpha value is -4.93. The number of nitrogens with one attached hydrogen (secondary N) is 1. The smallest absolute Gasteiger partial charge is 0.354 e. The molecule has 11 heteroatoms. The van der Waals surface area contributed by atoms with Crippen molar-refractivity contribution in [2.24, 2.45) is 0 Å². The molecule has 1 aliphatic rings. The van der Waals surface area contributed by atoms with E-state index < -0.39 is 5.69 Å². The highest BCUT2D eigenvalue weighted by atomic mass is 16.5. The van der Waals surface area contributed by atoms with Gasteiger partial charge in [-0.3, -0.25) is 9.36 Å². The minimum Gasteiger partial charge on any atom is -0.496 e. The second-order valence-corrected chi connectivity index (χ2v) is 9.22. The van der Waals surface area contributed by atoms with E-state index in [9.17, 15) is 9.59 Å². The minimum atomic E-state index is -0.528. The molecule has 11 nitrogen and oxygen atoms in total. The van der Waals surface area contributed by atoms with Crippen LogP contribution in [0.25, 0.3) is 27.7 Å². The first-order chi connectivity index (χ1) is 18.8. The number of aromatic nitrogens is 4. The van der Waals surface area contributed by atoms with Crippen LogP contribution in [0, 0.1) is 6.92 Å². The first-order valence-corrected chi connectivity index (χ1v) is 12.4. The predicted molar refractivity (Wildman–Crippen MR) is 149 cm³/mol. The lowest BCUT2D eigenvalue weighted by Crippen LogP contribution is -2.30. The first-order valence-electron chi connectivity index (χ1n) is 12.4. The molecule has 2 aromatic carbocycles. The number of nitrogens with zero attached hydrogens (tertiary/aromatic N) is 5. The summed E-state index contributed by atoms with van der Waals surface area (Å²) in [6.07, 6.45) is 5.46. The maximum atomic E-state index is 12.9. The SMILES string of the molecule is C=CC(=O)N1CCC(Nc2ncc3cc(-c4c(C)c(OC)cc(OC)c4-n4ccc(N)nc4=O)ccc3n2)C1. The second kappa shape index (κ2) is 10.4. The Morgan fingerprint density at radius 3 is 2.69 bits per heavy atom. The van der Waals surface area contributed by atoms with Gasteiger partial charge in [-0.1, -0.05) is 12.6 Å². The molecule has 0 radical (unpaired) electrons. The summed E-state index contributed by atoms with van der Waals surface area (Å²) < 4.78 is 12.7. The molecule has 1 unspecified atom stereocenters. The molecule has 39 heavy (non-hydrogen) atoms. The molecule has 200 valence electrons. The fourth-order valence-corrected chi connectivity index (χ4v) is 4.91. The molecule has 1 fully saturated rings. The summed E-state index contributed by atoms with van der Waals surface area (Å²) in [7, 11) is 3.12. The largest absolute Gasteiger partial charge is 0.496 e. The number of likely N-dealkylation sites (tertiary alicyclic amines) is 1. The van der Waals surface area contributed by atoms with Crippen molar-refractivity contribution in [2.45, 2.75) is 19.4 Å². The zero-order valence-corrected chi connectivity index (χ0v) is 22.0. The van der Waals surface area contributed by atoms with Gasteiger partial charge < -0.3 is 25.4 Å². The van der Waals surface area contributed by atoms with Crippen LogP contribution in [0.5, 0.6) is 11.5 Å². The Bertz CT molecular complexity index is 1650. The number of carbonyl (C=O) groups is 1.